The molecular formula is C30H25BrN4O8S3. The highest BCUT2D eigenvalue weighted by molar-refractivity contribution is 9.10. The van der Waals surface area contributed by atoms with Gasteiger partial charge in [-0.1, -0.05) is 45.1 Å². The molecule has 3 amide bonds. The average Bonchev–Trinajstić information content (AvgIpc) is 3.45. The zero-order valence-corrected chi connectivity index (χ0v) is 27.9. The fourth-order valence-electron chi connectivity index (χ4n) is 5.53. The molecule has 4 N–H and O–H groups in total. The zero-order valence-electron chi connectivity index (χ0n) is 23.9. The molecule has 1 fully saturated rings. The fourth-order valence-corrected chi connectivity index (χ4v) is 9.08. The van der Waals surface area contributed by atoms with E-state index in [1.807, 2.05) is 0 Å². The molecule has 0 saturated carbocycles. The number of nitrogens with one attached hydrogen (secondary N) is 1. The highest BCUT2D eigenvalue weighted by Gasteiger charge is 2.57. The summed E-state index contributed by atoms with van der Waals surface area (Å²) in [5.74, 6) is -3.00. The first-order valence-electron chi connectivity index (χ1n) is 13.8. The van der Waals surface area contributed by atoms with Crippen LogP contribution in [0.1, 0.15) is 23.3 Å². The number of amides is 3. The number of phenols is 1. The second kappa shape index (κ2) is 12.3. The first-order chi connectivity index (χ1) is 21.9. The van der Waals surface area contributed by atoms with Gasteiger partial charge in [0.05, 0.1) is 28.1 Å². The Hall–Kier alpha value is -3.96. The van der Waals surface area contributed by atoms with Crippen molar-refractivity contribution in [3.05, 3.63) is 91.3 Å². The first kappa shape index (κ1) is 32.0. The average molecular weight is 746 g/mol. The number of thiazole rings is 1. The number of anilines is 2. The number of sulfonamides is 1. The Morgan fingerprint density at radius 3 is 2.39 bits per heavy atom. The van der Waals surface area contributed by atoms with Crippen LogP contribution in [-0.2, 0) is 31.0 Å². The minimum absolute atomic E-state index is 0.0996. The van der Waals surface area contributed by atoms with Crippen molar-refractivity contribution in [2.75, 3.05) is 16.8 Å². The van der Waals surface area contributed by atoms with E-state index in [0.29, 0.717) is 21.2 Å². The lowest BCUT2D eigenvalue weighted by atomic mass is 9.83. The quantitative estimate of drug-likeness (QED) is 0.226. The third-order valence-corrected chi connectivity index (χ3v) is 11.6. The summed E-state index contributed by atoms with van der Waals surface area (Å²) >= 11 is 5.32. The van der Waals surface area contributed by atoms with Crippen LogP contribution in [0.2, 0.25) is 0 Å². The van der Waals surface area contributed by atoms with Crippen LogP contribution in [0.15, 0.2) is 85.9 Å². The van der Waals surface area contributed by atoms with E-state index in [2.05, 4.69) is 21.2 Å². The Kier molecular flexibility index (Phi) is 8.58. The van der Waals surface area contributed by atoms with Crippen molar-refractivity contribution >= 4 is 78.1 Å². The maximum Gasteiger partial charge on any atom is 0.308 e. The Bertz CT molecular complexity index is 2050. The van der Waals surface area contributed by atoms with Crippen LogP contribution in [0, 0.1) is 5.92 Å². The minimum Gasteiger partial charge on any atom is -0.504 e. The number of hydrogen-bond donors (Lipinski definition) is 3. The van der Waals surface area contributed by atoms with Crippen molar-refractivity contribution in [2.45, 2.75) is 34.6 Å². The molecule has 1 aromatic heterocycles. The number of imide groups is 1. The standard InChI is InChI=1S/C30H25BrN4O8S3/c1-2-43-21-13-15(3-12-20(21)36)23-24-25(28(39)35(27(24)38)18-8-4-16(31)5-9-18)44-29-26(23)45-30(40)34(29)14-22(37)33-17-6-10-19(11-7-17)46(32,41)42/h3-13,23-25,36H,2,14H2,1H3,(H,33,37)(H2,32,41,42). The van der Waals surface area contributed by atoms with Crippen molar-refractivity contribution in [1.29, 1.82) is 0 Å². The van der Waals surface area contributed by atoms with E-state index in [4.69, 9.17) is 9.88 Å². The van der Waals surface area contributed by atoms with Crippen LogP contribution < -0.4 is 25.0 Å². The van der Waals surface area contributed by atoms with Gasteiger partial charge in [-0.25, -0.2) is 18.5 Å². The lowest BCUT2D eigenvalue weighted by molar-refractivity contribution is -0.122. The Morgan fingerprint density at radius 1 is 1.04 bits per heavy atom. The summed E-state index contributed by atoms with van der Waals surface area (Å²) in [4.78, 5) is 55.6. The summed E-state index contributed by atoms with van der Waals surface area (Å²) in [6.45, 7) is 1.63. The molecule has 0 bridgehead atoms. The van der Waals surface area contributed by atoms with E-state index in [1.165, 1.54) is 34.9 Å². The van der Waals surface area contributed by atoms with Crippen molar-refractivity contribution in [3.8, 4) is 11.5 Å². The molecule has 0 aliphatic carbocycles. The predicted molar refractivity (Wildman–Crippen MR) is 176 cm³/mol. The Labute approximate surface area is 279 Å². The van der Waals surface area contributed by atoms with Crippen LogP contribution in [0.25, 0.3) is 0 Å². The van der Waals surface area contributed by atoms with Gasteiger partial charge in [0, 0.05) is 21.0 Å². The SMILES string of the molecule is CCOc1cc(C2c3sc(=O)n(CC(=O)Nc4ccc(S(N)(=O)=O)cc4)c3SC3C(=O)N(c4ccc(Br)cc4)C(=O)C32)ccc1O. The molecule has 0 radical (unpaired) electrons. The highest BCUT2D eigenvalue weighted by atomic mass is 79.9. The molecule has 238 valence electrons. The molecule has 16 heteroatoms. The summed E-state index contributed by atoms with van der Waals surface area (Å²) in [5, 5.41) is 17.6. The van der Waals surface area contributed by atoms with Crippen LogP contribution >= 0.6 is 39.0 Å². The molecule has 0 spiro atoms. The van der Waals surface area contributed by atoms with E-state index < -0.39 is 56.2 Å². The second-order valence-corrected chi connectivity index (χ2v) is 15.0. The van der Waals surface area contributed by atoms with E-state index in [1.54, 1.807) is 43.3 Å². The monoisotopic (exact) mass is 744 g/mol. The van der Waals surface area contributed by atoms with E-state index in [9.17, 15) is 32.7 Å². The van der Waals surface area contributed by atoms with E-state index >= 15 is 0 Å². The van der Waals surface area contributed by atoms with Gasteiger partial charge in [-0.15, -0.1) is 0 Å². The van der Waals surface area contributed by atoms with Gasteiger partial charge in [0.2, 0.25) is 27.7 Å². The molecule has 3 heterocycles. The number of nitrogens with two attached hydrogens (primary N) is 1. The van der Waals surface area contributed by atoms with Gasteiger partial charge in [-0.3, -0.25) is 23.7 Å². The number of nitrogens with zero attached hydrogens (tertiary/aromatic N) is 2. The van der Waals surface area contributed by atoms with Crippen LogP contribution in [0.4, 0.5) is 11.4 Å². The lowest BCUT2D eigenvalue weighted by Gasteiger charge is -2.31. The summed E-state index contributed by atoms with van der Waals surface area (Å²) in [7, 11) is -3.92. The molecule has 2 aliphatic rings. The number of hydrogen-bond acceptors (Lipinski definition) is 10. The summed E-state index contributed by atoms with van der Waals surface area (Å²) in [5.41, 5.74) is 1.25. The summed E-state index contributed by atoms with van der Waals surface area (Å²) in [6, 6.07) is 16.7. The molecular weight excluding hydrogens is 720 g/mol. The zero-order chi connectivity index (χ0) is 32.9. The van der Waals surface area contributed by atoms with Crippen molar-refractivity contribution in [1.82, 2.24) is 4.57 Å². The number of ether oxygens (including phenoxy) is 1. The van der Waals surface area contributed by atoms with E-state index in [-0.39, 0.29) is 28.7 Å². The number of halogens is 1. The number of aromatic hydroxyl groups is 1. The topological polar surface area (TPSA) is 178 Å². The Morgan fingerprint density at radius 2 is 1.74 bits per heavy atom. The Balaban J connectivity index is 1.39. The van der Waals surface area contributed by atoms with Gasteiger partial charge in [-0.05, 0) is 73.2 Å². The van der Waals surface area contributed by atoms with Gasteiger partial charge >= 0.3 is 4.87 Å². The molecule has 6 rings (SSSR count). The molecule has 46 heavy (non-hydrogen) atoms. The third kappa shape index (κ3) is 5.86. The number of carbonyl (C=O) groups excluding carboxylic acids is 3. The smallest absolute Gasteiger partial charge is 0.308 e. The van der Waals surface area contributed by atoms with Gasteiger partial charge in [-0.2, -0.15) is 0 Å². The molecule has 12 nitrogen and oxygen atoms in total. The van der Waals surface area contributed by atoms with Gasteiger partial charge in [0.1, 0.15) is 11.8 Å². The van der Waals surface area contributed by atoms with Gasteiger partial charge in [0.15, 0.2) is 11.5 Å². The van der Waals surface area contributed by atoms with E-state index in [0.717, 1.165) is 32.5 Å². The number of benzene rings is 3. The molecule has 3 unspecified atom stereocenters. The normalized spacial score (nSPS) is 19.1. The number of rotatable bonds is 8. The maximum absolute atomic E-state index is 14.1. The second-order valence-electron chi connectivity index (χ2n) is 10.4. The fraction of sp³-hybridized carbons (Fsp3) is 0.200. The highest BCUT2D eigenvalue weighted by Crippen LogP contribution is 2.54. The van der Waals surface area contributed by atoms with Crippen LogP contribution in [0.3, 0.4) is 0 Å². The largest absolute Gasteiger partial charge is 0.504 e. The number of thioether (sulfide) groups is 1. The molecule has 4 aromatic rings. The molecule has 1 saturated heterocycles. The third-order valence-electron chi connectivity index (χ3n) is 7.55. The summed E-state index contributed by atoms with van der Waals surface area (Å²) in [6.07, 6.45) is 0. The van der Waals surface area contributed by atoms with Crippen LogP contribution in [-0.4, -0.2) is 47.7 Å². The van der Waals surface area contributed by atoms with Gasteiger partial charge in [0.25, 0.3) is 0 Å². The van der Waals surface area contributed by atoms with Crippen molar-refractivity contribution in [2.24, 2.45) is 11.1 Å². The molecule has 3 atom stereocenters. The lowest BCUT2D eigenvalue weighted by Crippen LogP contribution is -2.33. The van der Waals surface area contributed by atoms with Crippen molar-refractivity contribution in [3.63, 3.8) is 0 Å². The van der Waals surface area contributed by atoms with Gasteiger partial charge < -0.3 is 15.2 Å². The first-order valence-corrected chi connectivity index (χ1v) is 17.8. The predicted octanol–water partition coefficient (Wildman–Crippen LogP) is 3.86. The number of carbonyl (C=O) groups is 3. The van der Waals surface area contributed by atoms with Crippen molar-refractivity contribution < 1.29 is 32.6 Å². The van der Waals surface area contributed by atoms with Crippen LogP contribution in [0.5, 0.6) is 11.5 Å². The number of fused-ring (bicyclic) bond motifs is 2. The molecule has 2 aliphatic heterocycles. The molecule has 3 aromatic carbocycles. The summed E-state index contributed by atoms with van der Waals surface area (Å²) < 4.78 is 30.8. The maximum atomic E-state index is 14.1. The number of primary sulfonamides is 1. The number of phenolic OH excluding ortho intramolecular Hbond substituents is 1. The minimum atomic E-state index is -3.92. The number of aromatic nitrogens is 1.